The average Bonchev–Trinajstić information content (AvgIpc) is 3.20. The molecule has 1 saturated heterocycles. The van der Waals surface area contributed by atoms with Gasteiger partial charge in [-0.15, -0.1) is 0 Å². The van der Waals surface area contributed by atoms with Gasteiger partial charge in [0.05, 0.1) is 6.54 Å². The Morgan fingerprint density at radius 1 is 1.52 bits per heavy atom. The Morgan fingerprint density at radius 2 is 2.36 bits per heavy atom. The molecule has 3 heterocycles. The van der Waals surface area contributed by atoms with Gasteiger partial charge in [-0.2, -0.15) is 0 Å². The molecule has 2 aromatic heterocycles. The Morgan fingerprint density at radius 3 is 3.04 bits per heavy atom. The molecular weight excluding hydrogens is 318 g/mol. The molecule has 0 aliphatic carbocycles. The number of urea groups is 1. The van der Waals surface area contributed by atoms with Gasteiger partial charge in [-0.25, -0.2) is 4.79 Å². The first-order valence-electron chi connectivity index (χ1n) is 8.49. The largest absolute Gasteiger partial charge is 0.359 e. The minimum Gasteiger partial charge on any atom is -0.359 e. The molecule has 0 aromatic carbocycles. The summed E-state index contributed by atoms with van der Waals surface area (Å²) in [5.41, 5.74) is 1.76. The van der Waals surface area contributed by atoms with Crippen molar-refractivity contribution in [1.82, 2.24) is 25.3 Å². The summed E-state index contributed by atoms with van der Waals surface area (Å²) in [4.78, 5) is 20.3. The van der Waals surface area contributed by atoms with E-state index < -0.39 is 0 Å². The van der Waals surface area contributed by atoms with E-state index in [2.05, 4.69) is 34.3 Å². The molecule has 134 valence electrons. The summed E-state index contributed by atoms with van der Waals surface area (Å²) in [7, 11) is 3.87. The number of hydrogen-bond donors (Lipinski definition) is 1. The van der Waals surface area contributed by atoms with E-state index >= 15 is 0 Å². The van der Waals surface area contributed by atoms with E-state index in [1.807, 2.05) is 18.2 Å². The summed E-state index contributed by atoms with van der Waals surface area (Å²) in [6.07, 6.45) is 4.55. The Kier molecular flexibility index (Phi) is 5.03. The van der Waals surface area contributed by atoms with Gasteiger partial charge in [-0.05, 0) is 37.6 Å². The van der Waals surface area contributed by atoms with E-state index in [4.69, 9.17) is 4.52 Å². The maximum Gasteiger partial charge on any atom is 0.317 e. The van der Waals surface area contributed by atoms with Gasteiger partial charge >= 0.3 is 6.03 Å². The molecular formula is C18H25N5O2. The Bertz CT molecular complexity index is 717. The molecule has 2 aromatic rings. The van der Waals surface area contributed by atoms with Gasteiger partial charge in [0.15, 0.2) is 5.76 Å². The molecule has 1 aliphatic rings. The lowest BCUT2D eigenvalue weighted by Gasteiger charge is -2.25. The summed E-state index contributed by atoms with van der Waals surface area (Å²) in [6, 6.07) is 5.51. The van der Waals surface area contributed by atoms with Gasteiger partial charge in [0.2, 0.25) is 0 Å². The fourth-order valence-electron chi connectivity index (χ4n) is 3.18. The number of carbonyl (C=O) groups is 1. The Balaban J connectivity index is 1.53. The summed E-state index contributed by atoms with van der Waals surface area (Å²) < 4.78 is 5.35. The van der Waals surface area contributed by atoms with Crippen LogP contribution in [0.1, 0.15) is 19.1 Å². The first kappa shape index (κ1) is 17.4. The van der Waals surface area contributed by atoms with Crippen molar-refractivity contribution >= 4 is 6.03 Å². The van der Waals surface area contributed by atoms with Crippen LogP contribution >= 0.6 is 0 Å². The maximum absolute atomic E-state index is 12.3. The molecule has 1 atom stereocenters. The second-order valence-electron chi connectivity index (χ2n) is 7.23. The average molecular weight is 343 g/mol. The van der Waals surface area contributed by atoms with Crippen molar-refractivity contribution in [2.24, 2.45) is 5.41 Å². The van der Waals surface area contributed by atoms with Crippen molar-refractivity contribution in [3.8, 4) is 11.3 Å². The number of hydrogen-bond acceptors (Lipinski definition) is 5. The highest BCUT2D eigenvalue weighted by Gasteiger charge is 2.32. The fraction of sp³-hybridized carbons (Fsp3) is 0.500. The molecule has 0 bridgehead atoms. The van der Waals surface area contributed by atoms with Crippen molar-refractivity contribution in [3.05, 3.63) is 36.4 Å². The quantitative estimate of drug-likeness (QED) is 0.901. The van der Waals surface area contributed by atoms with Crippen molar-refractivity contribution in [2.75, 3.05) is 33.7 Å². The molecule has 2 amide bonds. The zero-order valence-electron chi connectivity index (χ0n) is 15.0. The topological polar surface area (TPSA) is 74.5 Å². The zero-order valence-corrected chi connectivity index (χ0v) is 15.0. The number of nitrogens with zero attached hydrogens (tertiary/aromatic N) is 4. The SMILES string of the molecule is CN1CC[C@](C)(CNC(=O)N(C)Cc2cc(-c3cccnc3)no2)C1. The molecule has 0 unspecified atom stereocenters. The van der Waals surface area contributed by atoms with Crippen LogP contribution in [-0.4, -0.2) is 59.7 Å². The second kappa shape index (κ2) is 7.23. The number of likely N-dealkylation sites (tertiary alicyclic amines) is 1. The number of nitrogens with one attached hydrogen (secondary N) is 1. The van der Waals surface area contributed by atoms with Crippen LogP contribution in [0.25, 0.3) is 11.3 Å². The van der Waals surface area contributed by atoms with Gasteiger partial charge in [-0.1, -0.05) is 12.1 Å². The van der Waals surface area contributed by atoms with Crippen LogP contribution in [0, 0.1) is 5.41 Å². The van der Waals surface area contributed by atoms with Crippen LogP contribution < -0.4 is 5.32 Å². The zero-order chi connectivity index (χ0) is 17.9. The van der Waals surface area contributed by atoms with E-state index in [-0.39, 0.29) is 11.4 Å². The number of aromatic nitrogens is 2. The third-order valence-corrected chi connectivity index (χ3v) is 4.67. The third kappa shape index (κ3) is 4.36. The second-order valence-corrected chi connectivity index (χ2v) is 7.23. The molecule has 1 fully saturated rings. The summed E-state index contributed by atoms with van der Waals surface area (Å²) in [6.45, 7) is 5.35. The van der Waals surface area contributed by atoms with Crippen LogP contribution in [0.5, 0.6) is 0 Å². The van der Waals surface area contributed by atoms with Crippen LogP contribution in [-0.2, 0) is 6.54 Å². The number of pyridine rings is 1. The van der Waals surface area contributed by atoms with Gasteiger partial charge < -0.3 is 19.6 Å². The molecule has 7 nitrogen and oxygen atoms in total. The number of amides is 2. The van der Waals surface area contributed by atoms with Crippen molar-refractivity contribution in [2.45, 2.75) is 19.9 Å². The number of carbonyl (C=O) groups excluding carboxylic acids is 1. The summed E-state index contributed by atoms with van der Waals surface area (Å²) in [5, 5.41) is 7.08. The highest BCUT2D eigenvalue weighted by Crippen LogP contribution is 2.27. The molecule has 7 heteroatoms. The minimum absolute atomic E-state index is 0.102. The lowest BCUT2D eigenvalue weighted by Crippen LogP contribution is -2.43. The summed E-state index contributed by atoms with van der Waals surface area (Å²) in [5.74, 6) is 0.642. The Hall–Kier alpha value is -2.41. The number of rotatable bonds is 5. The normalized spacial score (nSPS) is 20.6. The highest BCUT2D eigenvalue weighted by molar-refractivity contribution is 5.73. The smallest absolute Gasteiger partial charge is 0.317 e. The molecule has 0 radical (unpaired) electrons. The van der Waals surface area contributed by atoms with E-state index in [0.29, 0.717) is 18.8 Å². The van der Waals surface area contributed by atoms with Crippen molar-refractivity contribution in [1.29, 1.82) is 0 Å². The van der Waals surface area contributed by atoms with E-state index in [1.54, 1.807) is 24.3 Å². The van der Waals surface area contributed by atoms with Gasteiger partial charge in [0.1, 0.15) is 5.69 Å². The van der Waals surface area contributed by atoms with Crippen LogP contribution in [0.3, 0.4) is 0 Å². The lowest BCUT2D eigenvalue weighted by atomic mass is 9.90. The predicted molar refractivity (Wildman–Crippen MR) is 94.8 cm³/mol. The summed E-state index contributed by atoms with van der Waals surface area (Å²) >= 11 is 0. The molecule has 1 N–H and O–H groups in total. The van der Waals surface area contributed by atoms with Crippen molar-refractivity contribution < 1.29 is 9.32 Å². The van der Waals surface area contributed by atoms with Crippen LogP contribution in [0.4, 0.5) is 4.79 Å². The molecule has 1 aliphatic heterocycles. The molecule has 0 saturated carbocycles. The third-order valence-electron chi connectivity index (χ3n) is 4.67. The molecule has 0 spiro atoms. The van der Waals surface area contributed by atoms with E-state index in [9.17, 15) is 4.79 Å². The van der Waals surface area contributed by atoms with Gasteiger partial charge in [0.25, 0.3) is 0 Å². The maximum atomic E-state index is 12.3. The first-order chi connectivity index (χ1) is 12.0. The highest BCUT2D eigenvalue weighted by atomic mass is 16.5. The molecule has 3 rings (SSSR count). The monoisotopic (exact) mass is 343 g/mol. The van der Waals surface area contributed by atoms with Crippen LogP contribution in [0.15, 0.2) is 35.1 Å². The Labute approximate surface area is 148 Å². The first-order valence-corrected chi connectivity index (χ1v) is 8.49. The van der Waals surface area contributed by atoms with Gasteiger partial charge in [-0.3, -0.25) is 4.98 Å². The standard InChI is InChI=1S/C18H25N5O2/c1-18(6-8-22(2)13-18)12-20-17(24)23(3)11-15-9-16(21-25-15)14-5-4-7-19-10-14/h4-5,7,9-10H,6,8,11-13H2,1-3H3,(H,20,24)/t18-/m1/s1. The minimum atomic E-state index is -0.102. The van der Waals surface area contributed by atoms with Gasteiger partial charge in [0, 0.05) is 44.2 Å². The van der Waals surface area contributed by atoms with Crippen molar-refractivity contribution in [3.63, 3.8) is 0 Å². The van der Waals surface area contributed by atoms with Crippen LogP contribution in [0.2, 0.25) is 0 Å². The fourth-order valence-corrected chi connectivity index (χ4v) is 3.18. The van der Waals surface area contributed by atoms with E-state index in [0.717, 1.165) is 30.8 Å². The molecule has 25 heavy (non-hydrogen) atoms. The lowest BCUT2D eigenvalue weighted by molar-refractivity contribution is 0.193. The predicted octanol–water partition coefficient (Wildman–Crippen LogP) is 2.22. The van der Waals surface area contributed by atoms with E-state index in [1.165, 1.54) is 0 Å².